The van der Waals surface area contributed by atoms with E-state index >= 15 is 0 Å². The SMILES string of the molecule is N=CCc1cccc(-c2cnc(NCCc3nc4ccccc4[nH]3)nc2)c1. The van der Waals surface area contributed by atoms with E-state index in [-0.39, 0.29) is 0 Å². The minimum Gasteiger partial charge on any atom is -0.354 e. The Morgan fingerprint density at radius 3 is 2.67 bits per heavy atom. The molecule has 0 aliphatic rings. The van der Waals surface area contributed by atoms with Crippen molar-refractivity contribution in [2.24, 2.45) is 0 Å². The smallest absolute Gasteiger partial charge is 0.222 e. The van der Waals surface area contributed by atoms with E-state index in [0.29, 0.717) is 18.9 Å². The van der Waals surface area contributed by atoms with Gasteiger partial charge in [-0.3, -0.25) is 0 Å². The number of aromatic nitrogens is 4. The molecule has 0 bridgehead atoms. The lowest BCUT2D eigenvalue weighted by atomic mass is 10.0. The molecule has 0 fully saturated rings. The van der Waals surface area contributed by atoms with Crippen LogP contribution in [0.5, 0.6) is 0 Å². The predicted molar refractivity (Wildman–Crippen MR) is 108 cm³/mol. The molecular formula is C21H20N6. The summed E-state index contributed by atoms with van der Waals surface area (Å²) in [5.74, 6) is 1.55. The Morgan fingerprint density at radius 2 is 1.85 bits per heavy atom. The van der Waals surface area contributed by atoms with Crippen molar-refractivity contribution in [2.75, 3.05) is 11.9 Å². The van der Waals surface area contributed by atoms with Crippen LogP contribution in [0.2, 0.25) is 0 Å². The van der Waals surface area contributed by atoms with E-state index < -0.39 is 0 Å². The summed E-state index contributed by atoms with van der Waals surface area (Å²) in [7, 11) is 0. The molecule has 0 saturated heterocycles. The monoisotopic (exact) mass is 356 g/mol. The average molecular weight is 356 g/mol. The Labute approximate surface area is 157 Å². The van der Waals surface area contributed by atoms with Gasteiger partial charge in [0.05, 0.1) is 11.0 Å². The van der Waals surface area contributed by atoms with Crippen LogP contribution < -0.4 is 5.32 Å². The van der Waals surface area contributed by atoms with Gasteiger partial charge in [0.25, 0.3) is 0 Å². The third kappa shape index (κ3) is 4.00. The molecule has 2 aromatic heterocycles. The largest absolute Gasteiger partial charge is 0.354 e. The maximum absolute atomic E-state index is 7.24. The van der Waals surface area contributed by atoms with Crippen molar-refractivity contribution in [1.29, 1.82) is 5.41 Å². The van der Waals surface area contributed by atoms with Crippen molar-refractivity contribution >= 4 is 23.2 Å². The van der Waals surface area contributed by atoms with Crippen molar-refractivity contribution in [2.45, 2.75) is 12.8 Å². The topological polar surface area (TPSA) is 90.3 Å². The zero-order valence-electron chi connectivity index (χ0n) is 14.8. The molecule has 6 heteroatoms. The summed E-state index contributed by atoms with van der Waals surface area (Å²) in [4.78, 5) is 16.7. The second-order valence-electron chi connectivity index (χ2n) is 6.28. The number of H-pyrrole nitrogens is 1. The first-order chi connectivity index (χ1) is 13.3. The van der Waals surface area contributed by atoms with Crippen LogP contribution in [0.15, 0.2) is 60.9 Å². The first-order valence-electron chi connectivity index (χ1n) is 8.89. The van der Waals surface area contributed by atoms with Gasteiger partial charge in [0.2, 0.25) is 5.95 Å². The fourth-order valence-electron chi connectivity index (χ4n) is 2.98. The average Bonchev–Trinajstić information content (AvgIpc) is 3.12. The lowest BCUT2D eigenvalue weighted by Crippen LogP contribution is -2.08. The Kier molecular flexibility index (Phi) is 4.87. The number of benzene rings is 2. The number of imidazole rings is 1. The minimum absolute atomic E-state index is 0.602. The van der Waals surface area contributed by atoms with E-state index in [9.17, 15) is 0 Å². The standard InChI is InChI=1S/C21H20N6/c22-10-8-15-4-3-5-16(12-15)17-13-24-21(25-14-17)23-11-9-20-26-18-6-1-2-7-19(18)27-20/h1-7,10,12-14,22H,8-9,11H2,(H,26,27)(H,23,24,25). The van der Waals surface area contributed by atoms with E-state index in [1.165, 1.54) is 6.21 Å². The van der Waals surface area contributed by atoms with Crippen molar-refractivity contribution in [3.05, 3.63) is 72.3 Å². The highest BCUT2D eigenvalue weighted by atomic mass is 15.1. The number of nitrogens with zero attached hydrogens (tertiary/aromatic N) is 3. The van der Waals surface area contributed by atoms with Crippen LogP contribution in [0, 0.1) is 5.41 Å². The van der Waals surface area contributed by atoms with E-state index in [1.807, 2.05) is 54.9 Å². The van der Waals surface area contributed by atoms with Crippen LogP contribution in [-0.2, 0) is 12.8 Å². The predicted octanol–water partition coefficient (Wildman–Crippen LogP) is 3.87. The summed E-state index contributed by atoms with van der Waals surface area (Å²) in [6, 6.07) is 16.1. The molecule has 0 aliphatic carbocycles. The van der Waals surface area contributed by atoms with Gasteiger partial charge in [-0.15, -0.1) is 0 Å². The number of hydrogen-bond donors (Lipinski definition) is 3. The molecule has 27 heavy (non-hydrogen) atoms. The molecule has 4 aromatic rings. The van der Waals surface area contributed by atoms with Gasteiger partial charge in [0.1, 0.15) is 5.82 Å². The molecule has 2 aromatic carbocycles. The third-order valence-electron chi connectivity index (χ3n) is 4.33. The van der Waals surface area contributed by atoms with E-state index in [2.05, 4.69) is 31.3 Å². The van der Waals surface area contributed by atoms with Crippen molar-refractivity contribution in [1.82, 2.24) is 19.9 Å². The van der Waals surface area contributed by atoms with Gasteiger partial charge >= 0.3 is 0 Å². The molecule has 0 spiro atoms. The Hall–Kier alpha value is -3.54. The molecule has 0 unspecified atom stereocenters. The molecule has 0 atom stereocenters. The molecule has 0 aliphatic heterocycles. The summed E-state index contributed by atoms with van der Waals surface area (Å²) >= 11 is 0. The highest BCUT2D eigenvalue weighted by Gasteiger charge is 2.04. The Bertz CT molecular complexity index is 1020. The van der Waals surface area contributed by atoms with Crippen LogP contribution in [0.3, 0.4) is 0 Å². The molecule has 0 amide bonds. The van der Waals surface area contributed by atoms with Crippen LogP contribution in [-0.4, -0.2) is 32.7 Å². The normalized spacial score (nSPS) is 10.8. The summed E-state index contributed by atoms with van der Waals surface area (Å²) in [6.45, 7) is 0.702. The summed E-state index contributed by atoms with van der Waals surface area (Å²) in [5, 5.41) is 10.5. The molecule has 4 rings (SSSR count). The third-order valence-corrected chi connectivity index (χ3v) is 4.33. The highest BCUT2D eigenvalue weighted by molar-refractivity contribution is 5.74. The fraction of sp³-hybridized carbons (Fsp3) is 0.143. The van der Waals surface area contributed by atoms with Crippen molar-refractivity contribution in [3.63, 3.8) is 0 Å². The number of fused-ring (bicyclic) bond motifs is 1. The number of anilines is 1. The highest BCUT2D eigenvalue weighted by Crippen LogP contribution is 2.19. The number of aromatic amines is 1. The second-order valence-corrected chi connectivity index (χ2v) is 6.28. The maximum Gasteiger partial charge on any atom is 0.222 e. The van der Waals surface area contributed by atoms with Crippen LogP contribution in [0.1, 0.15) is 11.4 Å². The number of nitrogens with one attached hydrogen (secondary N) is 3. The van der Waals surface area contributed by atoms with Gasteiger partial charge in [-0.1, -0.05) is 36.4 Å². The van der Waals surface area contributed by atoms with Gasteiger partial charge in [-0.05, 0) is 29.5 Å². The van der Waals surface area contributed by atoms with Gasteiger partial charge < -0.3 is 15.7 Å². The quantitative estimate of drug-likeness (QED) is 0.439. The molecule has 2 heterocycles. The number of rotatable bonds is 7. The zero-order valence-corrected chi connectivity index (χ0v) is 14.8. The lowest BCUT2D eigenvalue weighted by molar-refractivity contribution is 0.919. The number of hydrogen-bond acceptors (Lipinski definition) is 5. The molecule has 0 saturated carbocycles. The summed E-state index contributed by atoms with van der Waals surface area (Å²) in [6.07, 6.45) is 6.45. The lowest BCUT2D eigenvalue weighted by Gasteiger charge is -2.06. The molecule has 6 nitrogen and oxygen atoms in total. The first-order valence-corrected chi connectivity index (χ1v) is 8.89. The maximum atomic E-state index is 7.24. The minimum atomic E-state index is 0.602. The van der Waals surface area contributed by atoms with Gasteiger partial charge in [-0.2, -0.15) is 0 Å². The van der Waals surface area contributed by atoms with Crippen molar-refractivity contribution < 1.29 is 0 Å². The van der Waals surface area contributed by atoms with Crippen LogP contribution in [0.25, 0.3) is 22.2 Å². The van der Waals surface area contributed by atoms with Gasteiger partial charge in [0.15, 0.2) is 0 Å². The summed E-state index contributed by atoms with van der Waals surface area (Å²) in [5.41, 5.74) is 5.17. The number of para-hydroxylation sites is 2. The second kappa shape index (κ2) is 7.78. The van der Waals surface area contributed by atoms with E-state index in [0.717, 1.165) is 40.0 Å². The molecule has 134 valence electrons. The van der Waals surface area contributed by atoms with Gasteiger partial charge in [0, 0.05) is 37.3 Å². The molecular weight excluding hydrogens is 336 g/mol. The zero-order chi connectivity index (χ0) is 18.5. The Morgan fingerprint density at radius 1 is 1.00 bits per heavy atom. The first kappa shape index (κ1) is 16.9. The van der Waals surface area contributed by atoms with Crippen molar-refractivity contribution in [3.8, 4) is 11.1 Å². The van der Waals surface area contributed by atoms with E-state index in [1.54, 1.807) is 0 Å². The molecule has 3 N–H and O–H groups in total. The fourth-order valence-corrected chi connectivity index (χ4v) is 2.98. The summed E-state index contributed by atoms with van der Waals surface area (Å²) < 4.78 is 0. The van der Waals surface area contributed by atoms with Gasteiger partial charge in [-0.25, -0.2) is 15.0 Å². The van der Waals surface area contributed by atoms with E-state index in [4.69, 9.17) is 5.41 Å². The Balaban J connectivity index is 1.37. The molecule has 0 radical (unpaired) electrons. The van der Waals surface area contributed by atoms with Crippen LogP contribution >= 0.6 is 0 Å². The van der Waals surface area contributed by atoms with Crippen LogP contribution in [0.4, 0.5) is 5.95 Å².